The van der Waals surface area contributed by atoms with Crippen molar-refractivity contribution in [3.8, 4) is 0 Å². The highest BCUT2D eigenvalue weighted by Gasteiger charge is 2.13. The number of nitrogens with one attached hydrogen (secondary N) is 1. The summed E-state index contributed by atoms with van der Waals surface area (Å²) in [5.41, 5.74) is 1.72. The number of nitrogens with zero attached hydrogens (tertiary/aromatic N) is 2. The van der Waals surface area contributed by atoms with Gasteiger partial charge in [-0.25, -0.2) is 4.39 Å². The number of aliphatic hydroxyl groups excluding tert-OH is 1. The monoisotopic (exact) mass is 277 g/mol. The van der Waals surface area contributed by atoms with Crippen molar-refractivity contribution in [3.05, 3.63) is 53.1 Å². The average molecular weight is 277 g/mol. The van der Waals surface area contributed by atoms with E-state index in [2.05, 4.69) is 10.4 Å². The number of halogens is 1. The van der Waals surface area contributed by atoms with Crippen LogP contribution in [0.4, 0.5) is 4.39 Å². The van der Waals surface area contributed by atoms with Crippen LogP contribution in [0.1, 0.15) is 27.8 Å². The van der Waals surface area contributed by atoms with Crippen LogP contribution in [-0.2, 0) is 7.05 Å². The molecule has 1 atom stereocenters. The number of aryl methyl sites for hydroxylation is 2. The Morgan fingerprint density at radius 3 is 2.65 bits per heavy atom. The predicted octanol–water partition coefficient (Wildman–Crippen LogP) is 1.33. The SMILES string of the molecule is Cc1cc(C(=O)NCC(O)c2ccc(F)cc2)nn1C. The molecule has 106 valence electrons. The minimum atomic E-state index is -0.885. The van der Waals surface area contributed by atoms with Gasteiger partial charge in [0.25, 0.3) is 5.91 Å². The molecule has 6 heteroatoms. The summed E-state index contributed by atoms with van der Waals surface area (Å²) < 4.78 is 14.4. The second-order valence-corrected chi connectivity index (χ2v) is 4.57. The van der Waals surface area contributed by atoms with Gasteiger partial charge in [0.1, 0.15) is 11.5 Å². The lowest BCUT2D eigenvalue weighted by atomic mass is 10.1. The van der Waals surface area contributed by atoms with Crippen LogP contribution < -0.4 is 5.32 Å². The van der Waals surface area contributed by atoms with E-state index in [-0.39, 0.29) is 18.3 Å². The zero-order valence-electron chi connectivity index (χ0n) is 11.3. The van der Waals surface area contributed by atoms with Crippen molar-refractivity contribution in [1.29, 1.82) is 0 Å². The Kier molecular flexibility index (Phi) is 4.14. The number of amides is 1. The smallest absolute Gasteiger partial charge is 0.271 e. The molecule has 0 aliphatic rings. The summed E-state index contributed by atoms with van der Waals surface area (Å²) in [6.45, 7) is 1.89. The molecule has 5 nitrogen and oxygen atoms in total. The van der Waals surface area contributed by atoms with Gasteiger partial charge in [-0.3, -0.25) is 9.48 Å². The zero-order chi connectivity index (χ0) is 14.7. The van der Waals surface area contributed by atoms with Gasteiger partial charge in [-0.2, -0.15) is 5.10 Å². The van der Waals surface area contributed by atoms with Crippen LogP contribution in [0.15, 0.2) is 30.3 Å². The van der Waals surface area contributed by atoms with E-state index in [9.17, 15) is 14.3 Å². The average Bonchev–Trinajstić information content (AvgIpc) is 2.76. The third-order valence-corrected chi connectivity index (χ3v) is 3.06. The van der Waals surface area contributed by atoms with Crippen molar-refractivity contribution in [2.45, 2.75) is 13.0 Å². The molecule has 0 aliphatic heterocycles. The first-order valence-corrected chi connectivity index (χ1v) is 6.19. The quantitative estimate of drug-likeness (QED) is 0.886. The van der Waals surface area contributed by atoms with Crippen molar-refractivity contribution in [2.24, 2.45) is 7.05 Å². The third kappa shape index (κ3) is 3.21. The Morgan fingerprint density at radius 2 is 2.10 bits per heavy atom. The van der Waals surface area contributed by atoms with Crippen LogP contribution in [0.2, 0.25) is 0 Å². The molecule has 0 spiro atoms. The lowest BCUT2D eigenvalue weighted by molar-refractivity contribution is 0.0910. The number of carbonyl (C=O) groups excluding carboxylic acids is 1. The second-order valence-electron chi connectivity index (χ2n) is 4.57. The Bertz CT molecular complexity index is 588. The second kappa shape index (κ2) is 5.83. The van der Waals surface area contributed by atoms with Gasteiger partial charge in [-0.05, 0) is 30.7 Å². The van der Waals surface area contributed by atoms with Gasteiger partial charge in [0.2, 0.25) is 0 Å². The predicted molar refractivity (Wildman–Crippen MR) is 71.6 cm³/mol. The molecule has 2 N–H and O–H groups in total. The Morgan fingerprint density at radius 1 is 1.45 bits per heavy atom. The van der Waals surface area contributed by atoms with E-state index in [1.807, 2.05) is 6.92 Å². The van der Waals surface area contributed by atoms with Crippen molar-refractivity contribution in [1.82, 2.24) is 15.1 Å². The maximum atomic E-state index is 12.8. The highest BCUT2D eigenvalue weighted by atomic mass is 19.1. The fourth-order valence-electron chi connectivity index (χ4n) is 1.75. The van der Waals surface area contributed by atoms with E-state index < -0.39 is 6.10 Å². The number of hydrogen-bond donors (Lipinski definition) is 2. The number of carbonyl (C=O) groups is 1. The largest absolute Gasteiger partial charge is 0.387 e. The lowest BCUT2D eigenvalue weighted by Gasteiger charge is -2.11. The van der Waals surface area contributed by atoms with E-state index in [1.165, 1.54) is 24.3 Å². The first kappa shape index (κ1) is 14.2. The maximum Gasteiger partial charge on any atom is 0.271 e. The highest BCUT2D eigenvalue weighted by molar-refractivity contribution is 5.92. The molecule has 1 aromatic heterocycles. The fourth-order valence-corrected chi connectivity index (χ4v) is 1.75. The molecule has 0 bridgehead atoms. The molecule has 1 amide bonds. The summed E-state index contributed by atoms with van der Waals surface area (Å²) in [5, 5.41) is 16.5. The normalized spacial score (nSPS) is 12.2. The molecule has 20 heavy (non-hydrogen) atoms. The third-order valence-electron chi connectivity index (χ3n) is 3.06. The molecular weight excluding hydrogens is 261 g/mol. The van der Waals surface area contributed by atoms with E-state index in [1.54, 1.807) is 17.8 Å². The standard InChI is InChI=1S/C14H16FN3O2/c1-9-7-12(17-18(9)2)14(20)16-8-13(19)10-3-5-11(15)6-4-10/h3-7,13,19H,8H2,1-2H3,(H,16,20). The molecule has 1 unspecified atom stereocenters. The van der Waals surface area contributed by atoms with Crippen LogP contribution in [0, 0.1) is 12.7 Å². The van der Waals surface area contributed by atoms with Gasteiger partial charge in [0, 0.05) is 19.3 Å². The topological polar surface area (TPSA) is 67.2 Å². The number of benzene rings is 1. The lowest BCUT2D eigenvalue weighted by Crippen LogP contribution is -2.28. The van der Waals surface area contributed by atoms with Crippen LogP contribution >= 0.6 is 0 Å². The first-order valence-electron chi connectivity index (χ1n) is 6.19. The maximum absolute atomic E-state index is 12.8. The number of aliphatic hydroxyl groups is 1. The van der Waals surface area contributed by atoms with E-state index in [0.29, 0.717) is 11.3 Å². The molecular formula is C14H16FN3O2. The summed E-state index contributed by atoms with van der Waals surface area (Å²) in [7, 11) is 1.75. The molecule has 0 saturated carbocycles. The minimum Gasteiger partial charge on any atom is -0.387 e. The van der Waals surface area contributed by atoms with Gasteiger partial charge < -0.3 is 10.4 Å². The summed E-state index contributed by atoms with van der Waals surface area (Å²) in [4.78, 5) is 11.8. The first-order chi connectivity index (χ1) is 9.47. The number of aromatic nitrogens is 2. The summed E-state index contributed by atoms with van der Waals surface area (Å²) >= 11 is 0. The van der Waals surface area contributed by atoms with Crippen molar-refractivity contribution < 1.29 is 14.3 Å². The summed E-state index contributed by atoms with van der Waals surface area (Å²) in [6.07, 6.45) is -0.885. The van der Waals surface area contributed by atoms with Gasteiger partial charge in [0.05, 0.1) is 6.10 Å². The molecule has 2 rings (SSSR count). The highest BCUT2D eigenvalue weighted by Crippen LogP contribution is 2.12. The molecule has 0 aliphatic carbocycles. The Hall–Kier alpha value is -2.21. The van der Waals surface area contributed by atoms with E-state index in [0.717, 1.165) is 5.69 Å². The van der Waals surface area contributed by atoms with Gasteiger partial charge in [0.15, 0.2) is 0 Å². The molecule has 0 radical (unpaired) electrons. The molecule has 2 aromatic rings. The van der Waals surface area contributed by atoms with Gasteiger partial charge in [-0.1, -0.05) is 12.1 Å². The Balaban J connectivity index is 1.94. The van der Waals surface area contributed by atoms with Crippen LogP contribution in [0.5, 0.6) is 0 Å². The Labute approximate surface area is 116 Å². The van der Waals surface area contributed by atoms with Crippen molar-refractivity contribution >= 4 is 5.91 Å². The fraction of sp³-hybridized carbons (Fsp3) is 0.286. The van der Waals surface area contributed by atoms with Crippen molar-refractivity contribution in [3.63, 3.8) is 0 Å². The van der Waals surface area contributed by atoms with E-state index >= 15 is 0 Å². The van der Waals surface area contributed by atoms with Crippen LogP contribution in [0.3, 0.4) is 0 Å². The molecule has 0 saturated heterocycles. The molecule has 1 heterocycles. The minimum absolute atomic E-state index is 0.0418. The van der Waals surface area contributed by atoms with Gasteiger partial charge in [-0.15, -0.1) is 0 Å². The summed E-state index contributed by atoms with van der Waals surface area (Å²) in [6, 6.07) is 7.17. The molecule has 0 fully saturated rings. The van der Waals surface area contributed by atoms with Crippen molar-refractivity contribution in [2.75, 3.05) is 6.54 Å². The number of hydrogen-bond acceptors (Lipinski definition) is 3. The van der Waals surface area contributed by atoms with Gasteiger partial charge >= 0.3 is 0 Å². The zero-order valence-corrected chi connectivity index (χ0v) is 11.3. The van der Waals surface area contributed by atoms with E-state index in [4.69, 9.17) is 0 Å². The molecule has 1 aromatic carbocycles. The summed E-state index contributed by atoms with van der Waals surface area (Å²) in [5.74, 6) is -0.719. The van der Waals surface area contributed by atoms with Crippen LogP contribution in [0.25, 0.3) is 0 Å². The van der Waals surface area contributed by atoms with Crippen LogP contribution in [-0.4, -0.2) is 27.3 Å². The number of rotatable bonds is 4.